The molecule has 6 nitrogen and oxygen atoms in total. The van der Waals surface area contributed by atoms with E-state index in [9.17, 15) is 0 Å². The molecule has 0 amide bonds. The van der Waals surface area contributed by atoms with Crippen LogP contribution in [0.1, 0.15) is 11.8 Å². The Morgan fingerprint density at radius 1 is 1.25 bits per heavy atom. The Labute approximate surface area is 118 Å². The second-order valence-electron chi connectivity index (χ2n) is 3.82. The fraction of sp³-hybridized carbons (Fsp3) is 0.0769. The van der Waals surface area contributed by atoms with Gasteiger partial charge in [-0.25, -0.2) is 0 Å². The maximum atomic E-state index is 5.84. The predicted molar refractivity (Wildman–Crippen MR) is 73.2 cm³/mol. The first kappa shape index (κ1) is 12.5. The molecule has 100 valence electrons. The molecule has 0 radical (unpaired) electrons. The summed E-state index contributed by atoms with van der Waals surface area (Å²) in [6.07, 6.45) is 2.49. The highest BCUT2D eigenvalue weighted by molar-refractivity contribution is 7.09. The molecule has 3 rings (SSSR count). The third-order valence-electron chi connectivity index (χ3n) is 2.56. The first-order valence-electron chi connectivity index (χ1n) is 5.81. The van der Waals surface area contributed by atoms with E-state index in [4.69, 9.17) is 9.15 Å². The van der Waals surface area contributed by atoms with Crippen molar-refractivity contribution in [1.82, 2.24) is 19.8 Å². The smallest absolute Gasteiger partial charge is 0.261 e. The summed E-state index contributed by atoms with van der Waals surface area (Å²) >= 11 is 1.18. The summed E-state index contributed by atoms with van der Waals surface area (Å²) in [6, 6.07) is 9.44. The Morgan fingerprint density at radius 3 is 2.80 bits per heavy atom. The van der Waals surface area contributed by atoms with Crippen molar-refractivity contribution < 1.29 is 9.15 Å². The second kappa shape index (κ2) is 5.62. The van der Waals surface area contributed by atoms with E-state index < -0.39 is 6.10 Å². The zero-order valence-electron chi connectivity index (χ0n) is 10.3. The van der Waals surface area contributed by atoms with Crippen LogP contribution in [-0.2, 0) is 0 Å². The topological polar surface area (TPSA) is 73.9 Å². The molecule has 2 heterocycles. The minimum atomic E-state index is -0.432. The summed E-state index contributed by atoms with van der Waals surface area (Å²) in [6.45, 7) is 3.78. The second-order valence-corrected chi connectivity index (χ2v) is 4.57. The third kappa shape index (κ3) is 2.43. The largest absolute Gasteiger partial charge is 0.480 e. The molecule has 1 unspecified atom stereocenters. The molecule has 0 spiro atoms. The molecule has 0 saturated heterocycles. The molecule has 2 aromatic heterocycles. The predicted octanol–water partition coefficient (Wildman–Crippen LogP) is 2.89. The average molecular weight is 286 g/mol. The highest BCUT2D eigenvalue weighted by Crippen LogP contribution is 2.31. The highest BCUT2D eigenvalue weighted by Gasteiger charge is 2.22. The summed E-state index contributed by atoms with van der Waals surface area (Å²) in [5.41, 5.74) is 0.609. The van der Waals surface area contributed by atoms with E-state index in [1.807, 2.05) is 30.3 Å². The zero-order valence-corrected chi connectivity index (χ0v) is 11.2. The summed E-state index contributed by atoms with van der Waals surface area (Å²) in [5, 5.41) is 11.6. The van der Waals surface area contributed by atoms with E-state index in [-0.39, 0.29) is 0 Å². The van der Waals surface area contributed by atoms with Crippen LogP contribution in [0.25, 0.3) is 10.8 Å². The van der Waals surface area contributed by atoms with E-state index in [1.54, 1.807) is 6.08 Å². The lowest BCUT2D eigenvalue weighted by Gasteiger charge is -2.13. The van der Waals surface area contributed by atoms with Crippen molar-refractivity contribution in [2.75, 3.05) is 0 Å². The van der Waals surface area contributed by atoms with Crippen LogP contribution in [0.5, 0.6) is 5.75 Å². The Balaban J connectivity index is 1.91. The first-order chi connectivity index (χ1) is 9.88. The van der Waals surface area contributed by atoms with Gasteiger partial charge < -0.3 is 9.15 Å². The normalized spacial score (nSPS) is 12.0. The molecule has 0 saturated carbocycles. The molecule has 1 aromatic carbocycles. The van der Waals surface area contributed by atoms with Crippen molar-refractivity contribution in [2.45, 2.75) is 6.10 Å². The third-order valence-corrected chi connectivity index (χ3v) is 3.29. The van der Waals surface area contributed by atoms with Crippen molar-refractivity contribution in [2.24, 2.45) is 0 Å². The summed E-state index contributed by atoms with van der Waals surface area (Å²) in [7, 11) is 0. The Kier molecular flexibility index (Phi) is 3.51. The van der Waals surface area contributed by atoms with E-state index >= 15 is 0 Å². The van der Waals surface area contributed by atoms with E-state index in [0.717, 1.165) is 5.75 Å². The summed E-state index contributed by atoms with van der Waals surface area (Å²) in [5.74, 6) is 1.10. The molecule has 0 aliphatic rings. The van der Waals surface area contributed by atoms with Crippen molar-refractivity contribution in [3.05, 3.63) is 55.1 Å². The number of aromatic nitrogens is 4. The summed E-state index contributed by atoms with van der Waals surface area (Å²) in [4.78, 5) is 0.684. The van der Waals surface area contributed by atoms with E-state index in [0.29, 0.717) is 16.5 Å². The van der Waals surface area contributed by atoms with E-state index in [1.165, 1.54) is 17.9 Å². The van der Waals surface area contributed by atoms with Gasteiger partial charge in [0.2, 0.25) is 6.39 Å². The fourth-order valence-corrected chi connectivity index (χ4v) is 2.29. The maximum Gasteiger partial charge on any atom is 0.261 e. The quantitative estimate of drug-likeness (QED) is 0.671. The van der Waals surface area contributed by atoms with Crippen LogP contribution in [0, 0.1) is 0 Å². The number of rotatable bonds is 5. The number of hydrogen-bond donors (Lipinski definition) is 0. The Bertz CT molecular complexity index is 681. The fourth-order valence-electron chi connectivity index (χ4n) is 1.67. The SMILES string of the molecule is C=CC(Oc1ccccc1)c1nnsc1-c1nnco1. The standard InChI is InChI=1S/C13H10N4O2S/c1-2-10(19-9-6-4-3-5-7-9)11-12(20-17-15-11)13-16-14-8-18-13/h2-8,10H,1H2. The summed E-state index contributed by atoms with van der Waals surface area (Å²) < 4.78 is 14.9. The maximum absolute atomic E-state index is 5.84. The lowest BCUT2D eigenvalue weighted by Crippen LogP contribution is -2.06. The Hall–Kier alpha value is -2.54. The molecule has 0 aliphatic heterocycles. The van der Waals surface area contributed by atoms with Crippen LogP contribution in [0.2, 0.25) is 0 Å². The van der Waals surface area contributed by atoms with Crippen LogP contribution in [0.4, 0.5) is 0 Å². The number of nitrogens with zero attached hydrogens (tertiary/aromatic N) is 4. The van der Waals surface area contributed by atoms with Gasteiger partial charge in [-0.2, -0.15) is 0 Å². The van der Waals surface area contributed by atoms with Crippen LogP contribution in [0.15, 0.2) is 53.8 Å². The van der Waals surface area contributed by atoms with Crippen LogP contribution in [-0.4, -0.2) is 19.8 Å². The lowest BCUT2D eigenvalue weighted by atomic mass is 10.2. The minimum Gasteiger partial charge on any atom is -0.480 e. The van der Waals surface area contributed by atoms with Gasteiger partial charge in [0.15, 0.2) is 6.10 Å². The van der Waals surface area contributed by atoms with Gasteiger partial charge >= 0.3 is 0 Å². The van der Waals surface area contributed by atoms with Crippen LogP contribution >= 0.6 is 11.5 Å². The van der Waals surface area contributed by atoms with E-state index in [2.05, 4.69) is 26.4 Å². The molecule has 7 heteroatoms. The van der Waals surface area contributed by atoms with Crippen molar-refractivity contribution in [3.63, 3.8) is 0 Å². The molecule has 3 aromatic rings. The van der Waals surface area contributed by atoms with Gasteiger partial charge in [-0.05, 0) is 29.7 Å². The van der Waals surface area contributed by atoms with Crippen molar-refractivity contribution in [1.29, 1.82) is 0 Å². The molecule has 1 atom stereocenters. The number of ether oxygens (including phenoxy) is 1. The van der Waals surface area contributed by atoms with Crippen LogP contribution < -0.4 is 4.74 Å². The van der Waals surface area contributed by atoms with Crippen molar-refractivity contribution in [3.8, 4) is 16.5 Å². The minimum absolute atomic E-state index is 0.374. The molecular formula is C13H10N4O2S. The molecular weight excluding hydrogens is 276 g/mol. The molecule has 0 N–H and O–H groups in total. The highest BCUT2D eigenvalue weighted by atomic mass is 32.1. The molecule has 0 bridgehead atoms. The molecule has 0 fully saturated rings. The molecule has 0 aliphatic carbocycles. The van der Waals surface area contributed by atoms with Gasteiger partial charge in [0.25, 0.3) is 5.89 Å². The van der Waals surface area contributed by atoms with Gasteiger partial charge in [0.05, 0.1) is 0 Å². The Morgan fingerprint density at radius 2 is 2.10 bits per heavy atom. The first-order valence-corrected chi connectivity index (χ1v) is 6.59. The lowest BCUT2D eigenvalue weighted by molar-refractivity contribution is 0.251. The zero-order chi connectivity index (χ0) is 13.8. The monoisotopic (exact) mass is 286 g/mol. The van der Waals surface area contributed by atoms with Crippen molar-refractivity contribution >= 4 is 11.5 Å². The van der Waals surface area contributed by atoms with Gasteiger partial charge in [-0.3, -0.25) is 0 Å². The number of para-hydroxylation sites is 1. The van der Waals surface area contributed by atoms with Gasteiger partial charge in [0, 0.05) is 0 Å². The average Bonchev–Trinajstić information content (AvgIpc) is 3.16. The van der Waals surface area contributed by atoms with Gasteiger partial charge in [-0.15, -0.1) is 15.3 Å². The number of benzene rings is 1. The molecule has 20 heavy (non-hydrogen) atoms. The number of hydrogen-bond acceptors (Lipinski definition) is 7. The van der Waals surface area contributed by atoms with Crippen LogP contribution in [0.3, 0.4) is 0 Å². The van der Waals surface area contributed by atoms with Gasteiger partial charge in [-0.1, -0.05) is 29.3 Å². The van der Waals surface area contributed by atoms with Gasteiger partial charge in [0.1, 0.15) is 16.3 Å².